The highest BCUT2D eigenvalue weighted by Crippen LogP contribution is 2.21. The van der Waals surface area contributed by atoms with Gasteiger partial charge in [-0.05, 0) is 42.2 Å². The first-order chi connectivity index (χ1) is 12.0. The first-order valence-electron chi connectivity index (χ1n) is 8.26. The van der Waals surface area contributed by atoms with Crippen LogP contribution in [0.15, 0.2) is 54.6 Å². The number of nitrogens with one attached hydrogen (secondary N) is 1. The Kier molecular flexibility index (Phi) is 6.57. The van der Waals surface area contributed by atoms with E-state index in [9.17, 15) is 14.7 Å². The molecule has 5 heteroatoms. The maximum atomic E-state index is 12.2. The fourth-order valence-electron chi connectivity index (χ4n) is 2.48. The predicted octanol–water partition coefficient (Wildman–Crippen LogP) is 3.45. The number of phenols is 1. The molecule has 2 N–H and O–H groups in total. The van der Waals surface area contributed by atoms with Crippen LogP contribution in [0, 0.1) is 5.92 Å². The zero-order valence-electron chi connectivity index (χ0n) is 14.4. The molecule has 5 nitrogen and oxygen atoms in total. The molecule has 1 amide bonds. The van der Waals surface area contributed by atoms with Crippen molar-refractivity contribution in [2.45, 2.75) is 26.3 Å². The van der Waals surface area contributed by atoms with Gasteiger partial charge in [0.25, 0.3) is 5.91 Å². The van der Waals surface area contributed by atoms with E-state index in [2.05, 4.69) is 19.2 Å². The molecule has 0 fully saturated rings. The fraction of sp³-hybridized carbons (Fsp3) is 0.300. The monoisotopic (exact) mass is 341 g/mol. The van der Waals surface area contributed by atoms with Gasteiger partial charge in [-0.2, -0.15) is 0 Å². The van der Waals surface area contributed by atoms with E-state index in [0.717, 1.165) is 12.0 Å². The molecular formula is C20H23NO4. The molecule has 0 heterocycles. The molecule has 0 radical (unpaired) electrons. The number of esters is 1. The van der Waals surface area contributed by atoms with E-state index >= 15 is 0 Å². The molecule has 2 aromatic carbocycles. The second kappa shape index (κ2) is 8.87. The molecule has 0 aromatic heterocycles. The topological polar surface area (TPSA) is 75.6 Å². The number of carbonyl (C=O) groups excluding carboxylic acids is 2. The normalized spacial score (nSPS) is 11.8. The number of aromatic hydroxyl groups is 1. The van der Waals surface area contributed by atoms with Crippen molar-refractivity contribution in [2.24, 2.45) is 5.92 Å². The van der Waals surface area contributed by atoms with Crippen LogP contribution in [0.5, 0.6) is 5.75 Å². The Morgan fingerprint density at radius 1 is 1.04 bits per heavy atom. The van der Waals surface area contributed by atoms with Gasteiger partial charge in [0.05, 0.1) is 11.6 Å². The van der Waals surface area contributed by atoms with Crippen molar-refractivity contribution in [3.8, 4) is 5.75 Å². The van der Waals surface area contributed by atoms with E-state index in [4.69, 9.17) is 4.74 Å². The van der Waals surface area contributed by atoms with Crippen molar-refractivity contribution in [2.75, 3.05) is 6.61 Å². The van der Waals surface area contributed by atoms with Gasteiger partial charge in [0, 0.05) is 0 Å². The molecule has 0 aliphatic rings. The van der Waals surface area contributed by atoms with Crippen molar-refractivity contribution in [3.05, 3.63) is 65.7 Å². The molecule has 0 spiro atoms. The van der Waals surface area contributed by atoms with E-state index in [1.807, 2.05) is 30.3 Å². The highest BCUT2D eigenvalue weighted by molar-refractivity contribution is 5.91. The number of hydrogen-bond donors (Lipinski definition) is 2. The minimum Gasteiger partial charge on any atom is -0.508 e. The highest BCUT2D eigenvalue weighted by Gasteiger charge is 2.17. The van der Waals surface area contributed by atoms with Gasteiger partial charge in [0.2, 0.25) is 0 Å². The Hall–Kier alpha value is -2.82. The van der Waals surface area contributed by atoms with Crippen LogP contribution < -0.4 is 5.32 Å². The molecule has 1 atom stereocenters. The summed E-state index contributed by atoms with van der Waals surface area (Å²) in [7, 11) is 0. The minimum atomic E-state index is -0.602. The summed E-state index contributed by atoms with van der Waals surface area (Å²) in [5.74, 6) is -0.476. The third kappa shape index (κ3) is 5.95. The molecule has 2 aromatic rings. The second-order valence-corrected chi connectivity index (χ2v) is 6.28. The number of benzene rings is 2. The molecule has 132 valence electrons. The molecule has 0 saturated heterocycles. The van der Waals surface area contributed by atoms with Gasteiger partial charge in [-0.25, -0.2) is 4.79 Å². The third-order valence-electron chi connectivity index (χ3n) is 3.68. The maximum Gasteiger partial charge on any atom is 0.338 e. The largest absolute Gasteiger partial charge is 0.508 e. The molecule has 25 heavy (non-hydrogen) atoms. The molecule has 0 unspecified atom stereocenters. The van der Waals surface area contributed by atoms with Crippen LogP contribution in [-0.2, 0) is 9.53 Å². The lowest BCUT2D eigenvalue weighted by Gasteiger charge is -2.21. The zero-order valence-corrected chi connectivity index (χ0v) is 14.4. The molecule has 0 saturated carbocycles. The van der Waals surface area contributed by atoms with Gasteiger partial charge >= 0.3 is 5.97 Å². The van der Waals surface area contributed by atoms with Crippen molar-refractivity contribution in [1.29, 1.82) is 0 Å². The number of carbonyl (C=O) groups is 2. The molecule has 0 aliphatic carbocycles. The first kappa shape index (κ1) is 18.5. The Labute approximate surface area is 147 Å². The highest BCUT2D eigenvalue weighted by atomic mass is 16.5. The maximum absolute atomic E-state index is 12.2. The standard InChI is InChI=1S/C20H23NO4/c1-14(2)12-18(15-6-4-3-5-7-15)21-19(23)13-25-20(24)16-8-10-17(22)11-9-16/h3-11,14,18,22H,12-13H2,1-2H3,(H,21,23)/t18-/m0/s1. The minimum absolute atomic E-state index is 0.0636. The van der Waals surface area contributed by atoms with E-state index in [1.54, 1.807) is 0 Å². The van der Waals surface area contributed by atoms with Gasteiger partial charge in [-0.3, -0.25) is 4.79 Å². The zero-order chi connectivity index (χ0) is 18.2. The number of rotatable bonds is 7. The van der Waals surface area contributed by atoms with E-state index in [0.29, 0.717) is 5.92 Å². The Morgan fingerprint density at radius 3 is 2.28 bits per heavy atom. The molecular weight excluding hydrogens is 318 g/mol. The lowest BCUT2D eigenvalue weighted by atomic mass is 9.97. The Bertz CT molecular complexity index is 695. The summed E-state index contributed by atoms with van der Waals surface area (Å²) >= 11 is 0. The van der Waals surface area contributed by atoms with Crippen LogP contribution in [0.1, 0.15) is 42.2 Å². The summed E-state index contributed by atoms with van der Waals surface area (Å²) in [6.45, 7) is 3.83. The summed E-state index contributed by atoms with van der Waals surface area (Å²) in [4.78, 5) is 24.1. The summed E-state index contributed by atoms with van der Waals surface area (Å²) < 4.78 is 5.04. The average Bonchev–Trinajstić information content (AvgIpc) is 2.60. The Morgan fingerprint density at radius 2 is 1.68 bits per heavy atom. The second-order valence-electron chi connectivity index (χ2n) is 6.28. The van der Waals surface area contributed by atoms with Crippen molar-refractivity contribution in [1.82, 2.24) is 5.32 Å². The quantitative estimate of drug-likeness (QED) is 0.756. The van der Waals surface area contributed by atoms with Gasteiger partial charge in [0.1, 0.15) is 5.75 Å². The summed E-state index contributed by atoms with van der Waals surface area (Å²) in [6.07, 6.45) is 0.793. The average molecular weight is 341 g/mol. The molecule has 2 rings (SSSR count). The van der Waals surface area contributed by atoms with Crippen LogP contribution in [0.3, 0.4) is 0 Å². The lowest BCUT2D eigenvalue weighted by Crippen LogP contribution is -2.33. The number of hydrogen-bond acceptors (Lipinski definition) is 4. The van der Waals surface area contributed by atoms with E-state index in [1.165, 1.54) is 24.3 Å². The number of phenolic OH excluding ortho intramolecular Hbond substituents is 1. The first-order valence-corrected chi connectivity index (χ1v) is 8.26. The Balaban J connectivity index is 1.92. The van der Waals surface area contributed by atoms with E-state index in [-0.39, 0.29) is 29.9 Å². The fourth-order valence-corrected chi connectivity index (χ4v) is 2.48. The third-order valence-corrected chi connectivity index (χ3v) is 3.68. The summed E-state index contributed by atoms with van der Waals surface area (Å²) in [5.41, 5.74) is 1.31. The molecule has 0 aliphatic heterocycles. The van der Waals surface area contributed by atoms with Gasteiger partial charge in [0.15, 0.2) is 6.61 Å². The smallest absolute Gasteiger partial charge is 0.338 e. The van der Waals surface area contributed by atoms with Crippen LogP contribution in [0.4, 0.5) is 0 Å². The summed E-state index contributed by atoms with van der Waals surface area (Å²) in [6, 6.07) is 15.3. The predicted molar refractivity (Wildman–Crippen MR) is 95.2 cm³/mol. The van der Waals surface area contributed by atoms with Gasteiger partial charge in [-0.15, -0.1) is 0 Å². The summed E-state index contributed by atoms with van der Waals surface area (Å²) in [5, 5.41) is 12.1. The van der Waals surface area contributed by atoms with Crippen LogP contribution in [0.2, 0.25) is 0 Å². The van der Waals surface area contributed by atoms with Gasteiger partial charge < -0.3 is 15.2 Å². The number of amides is 1. The lowest BCUT2D eigenvalue weighted by molar-refractivity contribution is -0.125. The SMILES string of the molecule is CC(C)C[C@H](NC(=O)COC(=O)c1ccc(O)cc1)c1ccccc1. The van der Waals surface area contributed by atoms with Crippen molar-refractivity contribution >= 4 is 11.9 Å². The molecule has 0 bridgehead atoms. The van der Waals surface area contributed by atoms with Gasteiger partial charge in [-0.1, -0.05) is 44.2 Å². The van der Waals surface area contributed by atoms with E-state index < -0.39 is 5.97 Å². The number of ether oxygens (including phenoxy) is 1. The van der Waals surface area contributed by atoms with Crippen LogP contribution in [0.25, 0.3) is 0 Å². The van der Waals surface area contributed by atoms with Crippen molar-refractivity contribution in [3.63, 3.8) is 0 Å². The van der Waals surface area contributed by atoms with Crippen LogP contribution in [-0.4, -0.2) is 23.6 Å². The van der Waals surface area contributed by atoms with Crippen molar-refractivity contribution < 1.29 is 19.4 Å². The van der Waals surface area contributed by atoms with Crippen LogP contribution >= 0.6 is 0 Å².